The molecule has 0 radical (unpaired) electrons. The summed E-state index contributed by atoms with van der Waals surface area (Å²) in [5.41, 5.74) is 1.70. The van der Waals surface area contributed by atoms with E-state index in [1.165, 1.54) is 5.56 Å². The van der Waals surface area contributed by atoms with Gasteiger partial charge in [0.05, 0.1) is 6.54 Å². The predicted octanol–water partition coefficient (Wildman–Crippen LogP) is 3.33. The summed E-state index contributed by atoms with van der Waals surface area (Å²) in [7, 11) is 0. The van der Waals surface area contributed by atoms with E-state index >= 15 is 0 Å². The number of fused-ring (bicyclic) bond motifs is 1. The molecule has 198 valence electrons. The van der Waals surface area contributed by atoms with Gasteiger partial charge < -0.3 is 25.4 Å². The van der Waals surface area contributed by atoms with Gasteiger partial charge in [0.1, 0.15) is 17.5 Å². The van der Waals surface area contributed by atoms with Crippen molar-refractivity contribution in [2.45, 2.75) is 77.5 Å². The minimum Gasteiger partial charge on any atom is -0.480 e. The first kappa shape index (κ1) is 27.4. The molecule has 1 atom stereocenters. The van der Waals surface area contributed by atoms with Crippen molar-refractivity contribution in [3.8, 4) is 0 Å². The number of unbranched alkanes of at least 4 members (excludes halogenated alkanes) is 1. The Bertz CT molecular complexity index is 973. The van der Waals surface area contributed by atoms with Crippen molar-refractivity contribution >= 4 is 17.9 Å². The van der Waals surface area contributed by atoms with E-state index in [2.05, 4.69) is 32.8 Å². The smallest absolute Gasteiger partial charge is 0.408 e. The number of hydrogen-bond acceptors (Lipinski definition) is 7. The minimum absolute atomic E-state index is 0.283. The summed E-state index contributed by atoms with van der Waals surface area (Å²) < 4.78 is 7.09. The maximum Gasteiger partial charge on any atom is 0.408 e. The molecule has 2 aromatic heterocycles. The number of amides is 1. The quantitative estimate of drug-likeness (QED) is 0.358. The molecule has 0 aromatic carbocycles. The Labute approximate surface area is 213 Å². The van der Waals surface area contributed by atoms with E-state index in [9.17, 15) is 14.7 Å². The lowest BCUT2D eigenvalue weighted by molar-refractivity contribution is -0.139. The molecule has 1 aliphatic heterocycles. The molecule has 2 aromatic rings. The third kappa shape index (κ3) is 9.49. The number of carboxylic acid groups (broad SMARTS) is 1. The molecule has 10 heteroatoms. The van der Waals surface area contributed by atoms with Gasteiger partial charge in [-0.1, -0.05) is 6.07 Å². The normalized spacial score (nSPS) is 14.1. The third-order valence-corrected chi connectivity index (χ3v) is 6.04. The summed E-state index contributed by atoms with van der Waals surface area (Å²) in [6.07, 6.45) is 8.31. The van der Waals surface area contributed by atoms with Crippen LogP contribution in [0.25, 0.3) is 0 Å². The number of nitrogens with zero attached hydrogens (tertiary/aromatic N) is 4. The lowest BCUT2D eigenvalue weighted by atomic mass is 10.1. The monoisotopic (exact) mass is 500 g/mol. The Hall–Kier alpha value is -3.14. The van der Waals surface area contributed by atoms with Crippen LogP contribution >= 0.6 is 0 Å². The van der Waals surface area contributed by atoms with Crippen LogP contribution in [0.2, 0.25) is 0 Å². The zero-order chi connectivity index (χ0) is 26.0. The molecular formula is C26H40N6O4. The molecule has 10 nitrogen and oxygen atoms in total. The molecule has 0 bridgehead atoms. The van der Waals surface area contributed by atoms with E-state index in [-0.39, 0.29) is 6.42 Å². The second-order valence-electron chi connectivity index (χ2n) is 10.2. The molecule has 0 saturated carbocycles. The Morgan fingerprint density at radius 2 is 2.08 bits per heavy atom. The lowest BCUT2D eigenvalue weighted by Crippen LogP contribution is -2.45. The molecule has 0 fully saturated rings. The number of anilines is 1. The second kappa shape index (κ2) is 13.2. The number of carbonyl (C=O) groups excluding carboxylic acids is 1. The first-order chi connectivity index (χ1) is 17.2. The fraction of sp³-hybridized carbons (Fsp3) is 0.615. The van der Waals surface area contributed by atoms with Crippen LogP contribution in [0.4, 0.5) is 10.6 Å². The van der Waals surface area contributed by atoms with Crippen LogP contribution in [0.5, 0.6) is 0 Å². The number of carbonyl (C=O) groups is 2. The number of carboxylic acids is 1. The van der Waals surface area contributed by atoms with Gasteiger partial charge in [0.2, 0.25) is 0 Å². The van der Waals surface area contributed by atoms with Crippen molar-refractivity contribution in [1.82, 2.24) is 25.0 Å². The Balaban J connectivity index is 1.50. The topological polar surface area (TPSA) is 122 Å². The molecule has 3 N–H and O–H groups in total. The lowest BCUT2D eigenvalue weighted by Gasteiger charge is -2.25. The molecule has 1 amide bonds. The van der Waals surface area contributed by atoms with Crippen molar-refractivity contribution in [1.29, 1.82) is 0 Å². The number of pyridine rings is 1. The fourth-order valence-corrected chi connectivity index (χ4v) is 4.18. The van der Waals surface area contributed by atoms with Crippen LogP contribution in [0, 0.1) is 0 Å². The number of aryl methyl sites for hydroxylation is 2. The zero-order valence-electron chi connectivity index (χ0n) is 21.7. The summed E-state index contributed by atoms with van der Waals surface area (Å²) in [6.45, 7) is 9.03. The van der Waals surface area contributed by atoms with Gasteiger partial charge >= 0.3 is 12.1 Å². The van der Waals surface area contributed by atoms with Gasteiger partial charge in [0.15, 0.2) is 0 Å². The SMILES string of the molecule is CC(C)(C)OC(=O)NC(CCN(CCCCc1ccc2c(n1)NCCC2)CCn1cccn1)C(=O)O. The highest BCUT2D eigenvalue weighted by Gasteiger charge is 2.24. The van der Waals surface area contributed by atoms with Crippen molar-refractivity contribution in [3.05, 3.63) is 41.9 Å². The molecule has 36 heavy (non-hydrogen) atoms. The first-order valence-corrected chi connectivity index (χ1v) is 12.8. The summed E-state index contributed by atoms with van der Waals surface area (Å²) in [6, 6.07) is 5.18. The number of ether oxygens (including phenoxy) is 1. The summed E-state index contributed by atoms with van der Waals surface area (Å²) in [5.74, 6) is -0.0447. The van der Waals surface area contributed by atoms with E-state index in [1.54, 1.807) is 27.0 Å². The van der Waals surface area contributed by atoms with E-state index in [1.807, 2.05) is 16.9 Å². The highest BCUT2D eigenvalue weighted by molar-refractivity contribution is 5.80. The van der Waals surface area contributed by atoms with Gasteiger partial charge in [-0.3, -0.25) is 4.68 Å². The Morgan fingerprint density at radius 3 is 2.81 bits per heavy atom. The third-order valence-electron chi connectivity index (χ3n) is 6.04. The van der Waals surface area contributed by atoms with Crippen LogP contribution in [0.3, 0.4) is 0 Å². The second-order valence-corrected chi connectivity index (χ2v) is 10.2. The van der Waals surface area contributed by atoms with E-state index in [0.717, 1.165) is 63.3 Å². The van der Waals surface area contributed by atoms with Crippen molar-refractivity contribution in [2.75, 3.05) is 31.5 Å². The average Bonchev–Trinajstić information content (AvgIpc) is 3.34. The van der Waals surface area contributed by atoms with Gasteiger partial charge in [-0.15, -0.1) is 0 Å². The van der Waals surface area contributed by atoms with Crippen LogP contribution in [-0.2, 0) is 28.9 Å². The molecule has 0 saturated heterocycles. The maximum absolute atomic E-state index is 12.1. The van der Waals surface area contributed by atoms with Gasteiger partial charge in [-0.05, 0) is 83.5 Å². The maximum atomic E-state index is 12.1. The fourth-order valence-electron chi connectivity index (χ4n) is 4.18. The summed E-state index contributed by atoms with van der Waals surface area (Å²) in [4.78, 5) is 30.9. The van der Waals surface area contributed by atoms with E-state index in [0.29, 0.717) is 13.1 Å². The number of alkyl carbamates (subject to hydrolysis) is 1. The average molecular weight is 501 g/mol. The highest BCUT2D eigenvalue weighted by atomic mass is 16.6. The molecule has 1 aliphatic rings. The van der Waals surface area contributed by atoms with E-state index < -0.39 is 23.7 Å². The van der Waals surface area contributed by atoms with Gasteiger partial charge in [-0.2, -0.15) is 5.10 Å². The van der Waals surface area contributed by atoms with Crippen LogP contribution in [0.15, 0.2) is 30.6 Å². The molecule has 0 aliphatic carbocycles. The van der Waals surface area contributed by atoms with Crippen LogP contribution in [0.1, 0.15) is 57.7 Å². The number of nitrogens with one attached hydrogen (secondary N) is 2. The minimum atomic E-state index is -1.07. The largest absolute Gasteiger partial charge is 0.480 e. The number of aromatic nitrogens is 3. The Kier molecular flexibility index (Phi) is 10.1. The molecule has 3 rings (SSSR count). The first-order valence-electron chi connectivity index (χ1n) is 12.8. The van der Waals surface area contributed by atoms with Crippen molar-refractivity contribution in [2.24, 2.45) is 0 Å². The zero-order valence-corrected chi connectivity index (χ0v) is 21.7. The van der Waals surface area contributed by atoms with Gasteiger partial charge in [0.25, 0.3) is 0 Å². The Morgan fingerprint density at radius 1 is 1.25 bits per heavy atom. The number of aliphatic carboxylic acids is 1. The van der Waals surface area contributed by atoms with E-state index in [4.69, 9.17) is 9.72 Å². The predicted molar refractivity (Wildman–Crippen MR) is 138 cm³/mol. The van der Waals surface area contributed by atoms with Crippen molar-refractivity contribution < 1.29 is 19.4 Å². The van der Waals surface area contributed by atoms with Gasteiger partial charge in [0, 0.05) is 37.7 Å². The highest BCUT2D eigenvalue weighted by Crippen LogP contribution is 2.20. The molecule has 1 unspecified atom stereocenters. The number of hydrogen-bond donors (Lipinski definition) is 3. The van der Waals surface area contributed by atoms with Crippen LogP contribution in [-0.4, -0.2) is 74.7 Å². The summed E-state index contributed by atoms with van der Waals surface area (Å²) >= 11 is 0. The summed E-state index contributed by atoms with van der Waals surface area (Å²) in [5, 5.41) is 19.8. The molecule has 3 heterocycles. The molecule has 0 spiro atoms. The van der Waals surface area contributed by atoms with Crippen molar-refractivity contribution in [3.63, 3.8) is 0 Å². The molecular weight excluding hydrogens is 460 g/mol. The standard InChI is InChI=1S/C26H40N6O4/c1-26(2,3)36-25(35)30-22(24(33)34)12-17-31(18-19-32-16-7-14-28-32)15-5-4-9-21-11-10-20-8-6-13-27-23(20)29-21/h7,10-11,14,16,22H,4-6,8-9,12-13,15,17-19H2,1-3H3,(H,27,29)(H,30,35)(H,33,34). The van der Waals surface area contributed by atoms with Gasteiger partial charge in [-0.25, -0.2) is 14.6 Å². The number of rotatable bonds is 13. The van der Waals surface area contributed by atoms with Crippen LogP contribution < -0.4 is 10.6 Å².